The molecular formula is C27H22Cl2N2O5S. The summed E-state index contributed by atoms with van der Waals surface area (Å²) in [6.45, 7) is -0.483. The Balaban J connectivity index is 1.53. The zero-order valence-corrected chi connectivity index (χ0v) is 21.9. The Hall–Kier alpha value is -3.72. The van der Waals surface area contributed by atoms with E-state index >= 15 is 0 Å². The zero-order chi connectivity index (χ0) is 26.4. The van der Waals surface area contributed by atoms with Crippen LogP contribution in [0.4, 0.5) is 11.4 Å². The summed E-state index contributed by atoms with van der Waals surface area (Å²) in [6, 6.07) is 26.0. The van der Waals surface area contributed by atoms with Crippen molar-refractivity contribution in [2.75, 3.05) is 23.3 Å². The molecule has 0 unspecified atom stereocenters. The first-order valence-electron chi connectivity index (χ1n) is 11.0. The molecule has 37 heavy (non-hydrogen) atoms. The average Bonchev–Trinajstić information content (AvgIpc) is 2.90. The summed E-state index contributed by atoms with van der Waals surface area (Å²) < 4.78 is 38.9. The predicted molar refractivity (Wildman–Crippen MR) is 146 cm³/mol. The number of nitrogens with zero attached hydrogens (tertiary/aromatic N) is 1. The van der Waals surface area contributed by atoms with Crippen molar-refractivity contribution in [2.45, 2.75) is 4.90 Å². The van der Waals surface area contributed by atoms with Crippen LogP contribution in [0.15, 0.2) is 102 Å². The standard InChI is InChI=1S/C27H22Cl2N2O5S/c1-35-26-16-11-21(17-25(26)29)31(37(33,34)24-5-3-2-4-6-24)18-27(32)30-20-9-14-23(15-10-20)36-22-12-7-19(28)8-13-22/h2-17H,18H2,1H3,(H,30,32). The summed E-state index contributed by atoms with van der Waals surface area (Å²) in [5.41, 5.74) is 0.690. The number of sulfonamides is 1. The van der Waals surface area contributed by atoms with Crippen LogP contribution in [0.5, 0.6) is 17.2 Å². The zero-order valence-electron chi connectivity index (χ0n) is 19.6. The molecule has 4 aromatic rings. The highest BCUT2D eigenvalue weighted by atomic mass is 35.5. The molecule has 1 N–H and O–H groups in total. The van der Waals surface area contributed by atoms with Gasteiger partial charge >= 0.3 is 0 Å². The number of hydrogen-bond donors (Lipinski definition) is 1. The Morgan fingerprint density at radius 1 is 0.865 bits per heavy atom. The molecule has 0 bridgehead atoms. The molecule has 1 amide bonds. The summed E-state index contributed by atoms with van der Waals surface area (Å²) >= 11 is 12.1. The Morgan fingerprint density at radius 3 is 2.08 bits per heavy atom. The maximum Gasteiger partial charge on any atom is 0.264 e. The van der Waals surface area contributed by atoms with E-state index in [1.54, 1.807) is 72.8 Å². The van der Waals surface area contributed by atoms with E-state index < -0.39 is 22.5 Å². The minimum absolute atomic E-state index is 0.0402. The third kappa shape index (κ3) is 6.54. The molecule has 190 valence electrons. The van der Waals surface area contributed by atoms with Crippen LogP contribution < -0.4 is 19.1 Å². The number of rotatable bonds is 9. The molecule has 0 fully saturated rings. The average molecular weight is 557 g/mol. The van der Waals surface area contributed by atoms with Crippen molar-refractivity contribution < 1.29 is 22.7 Å². The van der Waals surface area contributed by atoms with Crippen LogP contribution in [0.1, 0.15) is 0 Å². The minimum Gasteiger partial charge on any atom is -0.495 e. The molecule has 0 radical (unpaired) electrons. The fourth-order valence-electron chi connectivity index (χ4n) is 3.42. The lowest BCUT2D eigenvalue weighted by Gasteiger charge is -2.24. The fraction of sp³-hybridized carbons (Fsp3) is 0.0741. The Bertz CT molecular complexity index is 1480. The number of halogens is 2. The van der Waals surface area contributed by atoms with Crippen LogP contribution in [0.25, 0.3) is 0 Å². The van der Waals surface area contributed by atoms with E-state index in [4.69, 9.17) is 32.7 Å². The van der Waals surface area contributed by atoms with Gasteiger partial charge < -0.3 is 14.8 Å². The van der Waals surface area contributed by atoms with Crippen LogP contribution in [0.3, 0.4) is 0 Å². The highest BCUT2D eigenvalue weighted by molar-refractivity contribution is 7.92. The van der Waals surface area contributed by atoms with Crippen molar-refractivity contribution in [1.29, 1.82) is 0 Å². The van der Waals surface area contributed by atoms with Gasteiger partial charge in [-0.15, -0.1) is 0 Å². The number of anilines is 2. The number of amides is 1. The molecule has 4 rings (SSSR count). The van der Waals surface area contributed by atoms with Crippen LogP contribution in [-0.4, -0.2) is 28.0 Å². The lowest BCUT2D eigenvalue weighted by molar-refractivity contribution is -0.114. The molecule has 4 aromatic carbocycles. The quantitative estimate of drug-likeness (QED) is 0.250. The SMILES string of the molecule is COc1ccc(N(CC(=O)Nc2ccc(Oc3ccc(Cl)cc3)cc2)S(=O)(=O)c2ccccc2)cc1Cl. The van der Waals surface area contributed by atoms with E-state index in [2.05, 4.69) is 5.32 Å². The van der Waals surface area contributed by atoms with E-state index in [9.17, 15) is 13.2 Å². The van der Waals surface area contributed by atoms with Gasteiger partial charge in [-0.2, -0.15) is 0 Å². The van der Waals surface area contributed by atoms with Gasteiger partial charge in [0.25, 0.3) is 10.0 Å². The number of nitrogens with one attached hydrogen (secondary N) is 1. The van der Waals surface area contributed by atoms with Gasteiger partial charge in [0.2, 0.25) is 5.91 Å². The summed E-state index contributed by atoms with van der Waals surface area (Å²) in [7, 11) is -2.62. The molecule has 0 aliphatic heterocycles. The molecule has 7 nitrogen and oxygen atoms in total. The van der Waals surface area contributed by atoms with Gasteiger partial charge in [0, 0.05) is 10.7 Å². The van der Waals surface area contributed by atoms with E-state index in [1.807, 2.05) is 0 Å². The maximum atomic E-state index is 13.5. The number of carbonyl (C=O) groups excluding carboxylic acids is 1. The largest absolute Gasteiger partial charge is 0.495 e. The van der Waals surface area contributed by atoms with E-state index in [1.165, 1.54) is 31.4 Å². The molecule has 0 aromatic heterocycles. The maximum absolute atomic E-state index is 13.5. The number of methoxy groups -OCH3 is 1. The second-order valence-corrected chi connectivity index (χ2v) is 10.5. The molecule has 0 saturated carbocycles. The van der Waals surface area contributed by atoms with Crippen molar-refractivity contribution in [3.05, 3.63) is 107 Å². The molecular weight excluding hydrogens is 535 g/mol. The van der Waals surface area contributed by atoms with Gasteiger partial charge in [-0.25, -0.2) is 8.42 Å². The Kier molecular flexibility index (Phi) is 8.23. The van der Waals surface area contributed by atoms with Crippen molar-refractivity contribution in [3.63, 3.8) is 0 Å². The van der Waals surface area contributed by atoms with Crippen molar-refractivity contribution in [3.8, 4) is 17.2 Å². The summed E-state index contributed by atoms with van der Waals surface area (Å²) in [5.74, 6) is 1.01. The molecule has 0 heterocycles. The van der Waals surface area contributed by atoms with E-state index in [0.29, 0.717) is 28.0 Å². The van der Waals surface area contributed by atoms with Crippen molar-refractivity contribution >= 4 is 50.5 Å². The highest BCUT2D eigenvalue weighted by Gasteiger charge is 2.27. The van der Waals surface area contributed by atoms with Gasteiger partial charge in [0.05, 0.1) is 22.7 Å². The lowest BCUT2D eigenvalue weighted by atomic mass is 10.3. The molecule has 0 aliphatic rings. The van der Waals surface area contributed by atoms with Crippen molar-refractivity contribution in [1.82, 2.24) is 0 Å². The first-order chi connectivity index (χ1) is 17.8. The van der Waals surface area contributed by atoms with Gasteiger partial charge in [0.15, 0.2) is 0 Å². The number of benzene rings is 4. The smallest absolute Gasteiger partial charge is 0.264 e. The Labute approximate surface area is 225 Å². The number of hydrogen-bond acceptors (Lipinski definition) is 5. The van der Waals surface area contributed by atoms with Gasteiger partial charge in [-0.05, 0) is 78.9 Å². The monoisotopic (exact) mass is 556 g/mol. The minimum atomic E-state index is -4.08. The second kappa shape index (κ2) is 11.6. The topological polar surface area (TPSA) is 84.9 Å². The normalized spacial score (nSPS) is 11.0. The fourth-order valence-corrected chi connectivity index (χ4v) is 5.23. The molecule has 0 aliphatic carbocycles. The van der Waals surface area contributed by atoms with Crippen LogP contribution in [0.2, 0.25) is 10.0 Å². The van der Waals surface area contributed by atoms with E-state index in [-0.39, 0.29) is 15.6 Å². The van der Waals surface area contributed by atoms with Crippen LogP contribution in [-0.2, 0) is 14.8 Å². The lowest BCUT2D eigenvalue weighted by Crippen LogP contribution is -2.38. The summed E-state index contributed by atoms with van der Waals surface area (Å²) in [4.78, 5) is 13.0. The third-order valence-electron chi connectivity index (χ3n) is 5.23. The number of carbonyl (C=O) groups is 1. The summed E-state index contributed by atoms with van der Waals surface area (Å²) in [5, 5.41) is 3.54. The van der Waals surface area contributed by atoms with Crippen LogP contribution in [0, 0.1) is 0 Å². The van der Waals surface area contributed by atoms with E-state index in [0.717, 1.165) is 4.31 Å². The van der Waals surface area contributed by atoms with Crippen molar-refractivity contribution in [2.24, 2.45) is 0 Å². The second-order valence-electron chi connectivity index (χ2n) is 7.77. The Morgan fingerprint density at radius 2 is 1.49 bits per heavy atom. The molecule has 0 spiro atoms. The molecule has 0 atom stereocenters. The van der Waals surface area contributed by atoms with Gasteiger partial charge in [-0.1, -0.05) is 41.4 Å². The van der Waals surface area contributed by atoms with Gasteiger partial charge in [-0.3, -0.25) is 9.10 Å². The third-order valence-corrected chi connectivity index (χ3v) is 7.56. The summed E-state index contributed by atoms with van der Waals surface area (Å²) in [6.07, 6.45) is 0. The predicted octanol–water partition coefficient (Wildman–Crippen LogP) is 6.63. The van der Waals surface area contributed by atoms with Gasteiger partial charge in [0.1, 0.15) is 23.8 Å². The highest BCUT2D eigenvalue weighted by Crippen LogP contribution is 2.32. The molecule has 0 saturated heterocycles. The molecule has 10 heteroatoms. The van der Waals surface area contributed by atoms with Crippen LogP contribution >= 0.6 is 23.2 Å². The first-order valence-corrected chi connectivity index (χ1v) is 13.2. The number of ether oxygens (including phenoxy) is 2. The first kappa shape index (κ1) is 26.3.